The molecule has 0 fully saturated rings. The molecule has 24 heavy (non-hydrogen) atoms. The maximum absolute atomic E-state index is 11.5. The van der Waals surface area contributed by atoms with E-state index < -0.39 is 0 Å². The molecule has 0 spiro atoms. The number of Topliss-reactive ketones (excluding diaryl/α,β-unsaturated/α-hetero) is 1. The van der Waals surface area contributed by atoms with E-state index in [9.17, 15) is 4.79 Å². The molecule has 0 saturated heterocycles. The number of ketones is 1. The van der Waals surface area contributed by atoms with Crippen molar-refractivity contribution in [2.75, 3.05) is 4.43 Å². The predicted octanol–water partition coefficient (Wildman–Crippen LogP) is 6.30. The second-order valence-corrected chi connectivity index (χ2v) is 7.22. The van der Waals surface area contributed by atoms with Gasteiger partial charge in [-0.3, -0.25) is 4.79 Å². The van der Waals surface area contributed by atoms with Crippen molar-refractivity contribution in [3.63, 3.8) is 0 Å². The van der Waals surface area contributed by atoms with Crippen LogP contribution in [-0.2, 0) is 11.2 Å². The van der Waals surface area contributed by atoms with Crippen LogP contribution in [0, 0.1) is 0 Å². The molecule has 1 nitrogen and oxygen atoms in total. The largest absolute Gasteiger partial charge is 0.299 e. The predicted molar refractivity (Wildman–Crippen MR) is 112 cm³/mol. The van der Waals surface area contributed by atoms with Crippen LogP contribution in [0.3, 0.4) is 0 Å². The van der Waals surface area contributed by atoms with E-state index in [0.717, 1.165) is 25.7 Å². The van der Waals surface area contributed by atoms with Gasteiger partial charge < -0.3 is 0 Å². The number of carbonyl (C=O) groups is 1. The van der Waals surface area contributed by atoms with Crippen molar-refractivity contribution in [3.8, 4) is 0 Å². The van der Waals surface area contributed by atoms with Crippen molar-refractivity contribution in [2.45, 2.75) is 25.7 Å². The minimum atomic E-state index is 0.367. The summed E-state index contributed by atoms with van der Waals surface area (Å²) in [6, 6.07) is 20.0. The molecule has 0 aliphatic rings. The highest BCUT2D eigenvalue weighted by atomic mass is 127. The van der Waals surface area contributed by atoms with Crippen LogP contribution in [0.5, 0.6) is 0 Å². The minimum Gasteiger partial charge on any atom is -0.299 e. The molecule has 4 aromatic carbocycles. The summed E-state index contributed by atoms with van der Waals surface area (Å²) in [5, 5.41) is 8.10. The number of benzene rings is 4. The molecule has 0 aromatic heterocycles. The third kappa shape index (κ3) is 2.77. The molecular weight excluding hydrogens is 407 g/mol. The van der Waals surface area contributed by atoms with Gasteiger partial charge in [-0.1, -0.05) is 77.2 Å². The first kappa shape index (κ1) is 15.8. The molecule has 0 amide bonds. The number of hydrogen-bond acceptors (Lipinski definition) is 1. The van der Waals surface area contributed by atoms with Gasteiger partial charge in [0.15, 0.2) is 0 Å². The summed E-state index contributed by atoms with van der Waals surface area (Å²) < 4.78 is 0.635. The molecule has 4 rings (SSSR count). The summed E-state index contributed by atoms with van der Waals surface area (Å²) in [6.07, 6.45) is 3.83. The van der Waals surface area contributed by atoms with Gasteiger partial charge in [0.25, 0.3) is 0 Å². The van der Waals surface area contributed by atoms with Crippen LogP contribution >= 0.6 is 22.6 Å². The highest BCUT2D eigenvalue weighted by molar-refractivity contribution is 14.1. The van der Waals surface area contributed by atoms with E-state index in [1.165, 1.54) is 37.9 Å². The van der Waals surface area contributed by atoms with Crippen LogP contribution in [0.1, 0.15) is 24.8 Å². The van der Waals surface area contributed by atoms with Gasteiger partial charge >= 0.3 is 0 Å². The average molecular weight is 426 g/mol. The lowest BCUT2D eigenvalue weighted by molar-refractivity contribution is -0.116. The molecule has 2 heteroatoms. The van der Waals surface area contributed by atoms with Crippen LogP contribution < -0.4 is 0 Å². The Morgan fingerprint density at radius 1 is 0.792 bits per heavy atom. The van der Waals surface area contributed by atoms with E-state index in [1.807, 2.05) is 0 Å². The molecule has 0 bridgehead atoms. The number of carbonyl (C=O) groups excluding carboxylic acids is 1. The lowest BCUT2D eigenvalue weighted by Crippen LogP contribution is -1.98. The molecule has 0 saturated carbocycles. The Morgan fingerprint density at radius 2 is 1.46 bits per heavy atom. The molecule has 0 aliphatic carbocycles. The number of alkyl halides is 1. The van der Waals surface area contributed by atoms with E-state index in [1.54, 1.807) is 0 Å². The van der Waals surface area contributed by atoms with E-state index in [-0.39, 0.29) is 0 Å². The molecule has 4 aromatic rings. The van der Waals surface area contributed by atoms with Gasteiger partial charge in [0.1, 0.15) is 5.78 Å². The van der Waals surface area contributed by atoms with Crippen molar-refractivity contribution in [1.29, 1.82) is 0 Å². The van der Waals surface area contributed by atoms with Crippen LogP contribution in [0.25, 0.3) is 32.3 Å². The van der Waals surface area contributed by atoms with Crippen LogP contribution in [-0.4, -0.2) is 10.2 Å². The first-order valence-corrected chi connectivity index (χ1v) is 10.0. The van der Waals surface area contributed by atoms with Crippen molar-refractivity contribution >= 4 is 60.7 Å². The normalized spacial score (nSPS) is 11.7. The van der Waals surface area contributed by atoms with E-state index in [2.05, 4.69) is 77.2 Å². The summed E-state index contributed by atoms with van der Waals surface area (Å²) in [4.78, 5) is 11.5. The quantitative estimate of drug-likeness (QED) is 0.153. The highest BCUT2D eigenvalue weighted by Crippen LogP contribution is 2.36. The average Bonchev–Trinajstić information content (AvgIpc) is 2.63. The van der Waals surface area contributed by atoms with Crippen LogP contribution in [0.2, 0.25) is 0 Å². The van der Waals surface area contributed by atoms with Crippen molar-refractivity contribution < 1.29 is 4.79 Å². The molecule has 120 valence electrons. The first-order chi connectivity index (χ1) is 11.8. The third-order valence-corrected chi connectivity index (χ3v) is 5.77. The fourth-order valence-corrected chi connectivity index (χ4v) is 4.10. The topological polar surface area (TPSA) is 17.1 Å². The summed E-state index contributed by atoms with van der Waals surface area (Å²) in [5.74, 6) is 0.367. The van der Waals surface area contributed by atoms with E-state index in [4.69, 9.17) is 0 Å². The molecule has 0 unspecified atom stereocenters. The van der Waals surface area contributed by atoms with E-state index >= 15 is 0 Å². The lowest BCUT2D eigenvalue weighted by Gasteiger charge is -2.13. The zero-order valence-corrected chi connectivity index (χ0v) is 15.7. The van der Waals surface area contributed by atoms with Crippen molar-refractivity contribution in [2.24, 2.45) is 0 Å². The van der Waals surface area contributed by atoms with Gasteiger partial charge in [0, 0.05) is 6.42 Å². The second kappa shape index (κ2) is 6.67. The Balaban J connectivity index is 1.73. The van der Waals surface area contributed by atoms with Crippen molar-refractivity contribution in [3.05, 3.63) is 60.2 Å². The summed E-state index contributed by atoms with van der Waals surface area (Å²) >= 11 is 2.15. The van der Waals surface area contributed by atoms with Gasteiger partial charge in [-0.05, 0) is 57.1 Å². The SMILES string of the molecule is O=C(CI)CCCCc1ccc2ccc3cccc4ccc1c2c34. The zero-order valence-electron chi connectivity index (χ0n) is 13.5. The highest BCUT2D eigenvalue weighted by Gasteiger charge is 2.10. The first-order valence-electron chi connectivity index (χ1n) is 8.51. The maximum Gasteiger partial charge on any atom is 0.142 e. The summed E-state index contributed by atoms with van der Waals surface area (Å²) in [7, 11) is 0. The Morgan fingerprint density at radius 3 is 2.21 bits per heavy atom. The van der Waals surface area contributed by atoms with Crippen molar-refractivity contribution in [1.82, 2.24) is 0 Å². The van der Waals surface area contributed by atoms with Crippen LogP contribution in [0.4, 0.5) is 0 Å². The molecular formula is C22H19IO. The summed E-state index contributed by atoms with van der Waals surface area (Å²) in [6.45, 7) is 0. The second-order valence-electron chi connectivity index (χ2n) is 6.46. The number of rotatable bonds is 6. The Labute approximate surface area is 155 Å². The fraction of sp³-hybridized carbons (Fsp3) is 0.227. The zero-order chi connectivity index (χ0) is 16.5. The number of aryl methyl sites for hydroxylation is 1. The molecule has 0 aliphatic heterocycles. The number of unbranched alkanes of at least 4 members (excludes halogenated alkanes) is 1. The van der Waals surface area contributed by atoms with E-state index in [0.29, 0.717) is 10.2 Å². The standard InChI is InChI=1S/C22H19IO/c23-14-19(24)7-2-1-4-15-8-9-18-11-10-16-5-3-6-17-12-13-20(15)22(18)21(16)17/h3,5-6,8-13H,1-2,4,7,14H2. The molecule has 0 atom stereocenters. The minimum absolute atomic E-state index is 0.367. The molecule has 0 radical (unpaired) electrons. The molecule has 0 heterocycles. The smallest absolute Gasteiger partial charge is 0.142 e. The number of halogens is 1. The third-order valence-electron chi connectivity index (χ3n) is 4.92. The number of hydrogen-bond donors (Lipinski definition) is 0. The van der Waals surface area contributed by atoms with Gasteiger partial charge in [-0.25, -0.2) is 0 Å². The summed E-state index contributed by atoms with van der Waals surface area (Å²) in [5.41, 5.74) is 1.41. The van der Waals surface area contributed by atoms with Gasteiger partial charge in [0.05, 0.1) is 4.43 Å². The maximum atomic E-state index is 11.5. The van der Waals surface area contributed by atoms with Gasteiger partial charge in [-0.15, -0.1) is 0 Å². The molecule has 0 N–H and O–H groups in total. The Bertz CT molecular complexity index is 1000. The lowest BCUT2D eigenvalue weighted by atomic mass is 9.90. The Hall–Kier alpha value is -1.68. The van der Waals surface area contributed by atoms with Gasteiger partial charge in [0.2, 0.25) is 0 Å². The fourth-order valence-electron chi connectivity index (χ4n) is 3.72. The van der Waals surface area contributed by atoms with Gasteiger partial charge in [-0.2, -0.15) is 0 Å². The van der Waals surface area contributed by atoms with Crippen LogP contribution in [0.15, 0.2) is 54.6 Å². The monoisotopic (exact) mass is 426 g/mol. The Kier molecular flexibility index (Phi) is 4.40.